The average molecular weight is 424 g/mol. The summed E-state index contributed by atoms with van der Waals surface area (Å²) in [6, 6.07) is 10.5. The Hall–Kier alpha value is -2.80. The fourth-order valence-electron chi connectivity index (χ4n) is 3.25. The second kappa shape index (κ2) is 7.91. The summed E-state index contributed by atoms with van der Waals surface area (Å²) in [6.45, 7) is 3.83. The molecule has 29 heavy (non-hydrogen) atoms. The minimum absolute atomic E-state index is 0.00943. The summed E-state index contributed by atoms with van der Waals surface area (Å²) in [5.74, 6) is -1.18. The zero-order valence-corrected chi connectivity index (χ0v) is 16.6. The van der Waals surface area contributed by atoms with Gasteiger partial charge in [-0.25, -0.2) is 9.78 Å². The molecule has 0 N–H and O–H groups in total. The fraction of sp³-hybridized carbons (Fsp3) is 0.238. The zero-order valence-electron chi connectivity index (χ0n) is 15.8. The third-order valence-electron chi connectivity index (χ3n) is 4.30. The van der Waals surface area contributed by atoms with E-state index in [1.165, 1.54) is 25.3 Å². The molecule has 0 saturated heterocycles. The summed E-state index contributed by atoms with van der Waals surface area (Å²) in [7, 11) is 1.22. The molecule has 0 unspecified atom stereocenters. The number of esters is 1. The first kappa shape index (κ1) is 20.9. The number of halogens is 4. The van der Waals surface area contributed by atoms with Crippen LogP contribution in [0.25, 0.3) is 22.0 Å². The van der Waals surface area contributed by atoms with Gasteiger partial charge in [-0.2, -0.15) is 0 Å². The van der Waals surface area contributed by atoms with E-state index in [0.29, 0.717) is 27.1 Å². The van der Waals surface area contributed by atoms with Crippen molar-refractivity contribution in [1.82, 2.24) is 4.98 Å². The van der Waals surface area contributed by atoms with Gasteiger partial charge in [-0.05, 0) is 47.4 Å². The molecule has 0 aliphatic carbocycles. The zero-order chi connectivity index (χ0) is 21.3. The maximum atomic E-state index is 12.7. The van der Waals surface area contributed by atoms with Crippen LogP contribution < -0.4 is 4.74 Å². The number of hydrogen-bond acceptors (Lipinski definition) is 4. The fourth-order valence-corrected chi connectivity index (χ4v) is 3.42. The highest BCUT2D eigenvalue weighted by Crippen LogP contribution is 2.39. The third-order valence-corrected chi connectivity index (χ3v) is 4.53. The first-order valence-electron chi connectivity index (χ1n) is 8.68. The monoisotopic (exact) mass is 423 g/mol. The lowest BCUT2D eigenvalue weighted by Crippen LogP contribution is -2.17. The number of aromatic nitrogens is 1. The number of rotatable bonds is 4. The molecule has 3 rings (SSSR count). The second-order valence-electron chi connectivity index (χ2n) is 6.63. The SMILES string of the molecule is COC(=O)c1nc2ccc(Cl)cc2c(C(C)C)c1-c1cccc(OC(F)(F)F)c1. The van der Waals surface area contributed by atoms with Crippen LogP contribution in [0.15, 0.2) is 42.5 Å². The number of pyridine rings is 1. The van der Waals surface area contributed by atoms with E-state index in [1.54, 1.807) is 24.3 Å². The van der Waals surface area contributed by atoms with Crippen LogP contribution in [-0.2, 0) is 4.74 Å². The van der Waals surface area contributed by atoms with Crippen molar-refractivity contribution in [1.29, 1.82) is 0 Å². The molecule has 4 nitrogen and oxygen atoms in total. The highest BCUT2D eigenvalue weighted by atomic mass is 35.5. The number of methoxy groups -OCH3 is 1. The van der Waals surface area contributed by atoms with E-state index in [1.807, 2.05) is 13.8 Å². The van der Waals surface area contributed by atoms with E-state index in [4.69, 9.17) is 16.3 Å². The van der Waals surface area contributed by atoms with Crippen LogP contribution in [-0.4, -0.2) is 24.4 Å². The predicted molar refractivity (Wildman–Crippen MR) is 104 cm³/mol. The van der Waals surface area contributed by atoms with Gasteiger partial charge < -0.3 is 9.47 Å². The number of fused-ring (bicyclic) bond motifs is 1. The molecule has 0 fully saturated rings. The Morgan fingerprint density at radius 1 is 1.14 bits per heavy atom. The van der Waals surface area contributed by atoms with Crippen molar-refractivity contribution in [3.8, 4) is 16.9 Å². The van der Waals surface area contributed by atoms with Gasteiger partial charge in [0.15, 0.2) is 5.69 Å². The number of benzene rings is 2. The molecule has 8 heteroatoms. The van der Waals surface area contributed by atoms with Crippen molar-refractivity contribution in [3.63, 3.8) is 0 Å². The number of alkyl halides is 3. The summed E-state index contributed by atoms with van der Waals surface area (Å²) < 4.78 is 46.9. The van der Waals surface area contributed by atoms with Crippen LogP contribution >= 0.6 is 11.6 Å². The smallest absolute Gasteiger partial charge is 0.464 e. The Balaban J connectivity index is 2.37. The molecule has 1 heterocycles. The second-order valence-corrected chi connectivity index (χ2v) is 7.07. The van der Waals surface area contributed by atoms with Crippen LogP contribution in [0.3, 0.4) is 0 Å². The Morgan fingerprint density at radius 3 is 2.48 bits per heavy atom. The van der Waals surface area contributed by atoms with E-state index < -0.39 is 18.1 Å². The van der Waals surface area contributed by atoms with Gasteiger partial charge in [0.2, 0.25) is 0 Å². The van der Waals surface area contributed by atoms with E-state index >= 15 is 0 Å². The topological polar surface area (TPSA) is 48.4 Å². The van der Waals surface area contributed by atoms with Gasteiger partial charge in [0.05, 0.1) is 12.6 Å². The van der Waals surface area contributed by atoms with E-state index in [0.717, 1.165) is 5.56 Å². The van der Waals surface area contributed by atoms with Crippen molar-refractivity contribution >= 4 is 28.5 Å². The number of nitrogens with zero attached hydrogens (tertiary/aromatic N) is 1. The Bertz CT molecular complexity index is 1080. The molecule has 0 radical (unpaired) electrons. The van der Waals surface area contributed by atoms with Crippen molar-refractivity contribution in [2.45, 2.75) is 26.1 Å². The molecule has 0 atom stereocenters. The van der Waals surface area contributed by atoms with Gasteiger partial charge in [-0.1, -0.05) is 37.6 Å². The summed E-state index contributed by atoms with van der Waals surface area (Å²) in [5.41, 5.74) is 2.00. The number of hydrogen-bond donors (Lipinski definition) is 0. The molecule has 0 spiro atoms. The maximum absolute atomic E-state index is 12.7. The highest BCUT2D eigenvalue weighted by Gasteiger charge is 2.31. The minimum atomic E-state index is -4.83. The van der Waals surface area contributed by atoms with E-state index in [2.05, 4.69) is 9.72 Å². The summed E-state index contributed by atoms with van der Waals surface area (Å²) in [4.78, 5) is 16.9. The molecule has 0 aliphatic heterocycles. The standard InChI is InChI=1S/C21H17ClF3NO3/c1-11(2)17-15-10-13(22)7-8-16(15)26-19(20(27)28-3)18(17)12-5-4-6-14(9-12)29-21(23,24)25/h4-11H,1-3H3. The quantitative estimate of drug-likeness (QED) is 0.458. The molecule has 0 aliphatic rings. The summed E-state index contributed by atoms with van der Waals surface area (Å²) >= 11 is 6.16. The van der Waals surface area contributed by atoms with Gasteiger partial charge in [-0.15, -0.1) is 13.2 Å². The summed E-state index contributed by atoms with van der Waals surface area (Å²) in [6.07, 6.45) is -4.83. The molecular formula is C21H17ClF3NO3. The van der Waals surface area contributed by atoms with Crippen LogP contribution in [0.1, 0.15) is 35.8 Å². The van der Waals surface area contributed by atoms with Crippen molar-refractivity contribution in [3.05, 3.63) is 58.7 Å². The number of carbonyl (C=O) groups is 1. The van der Waals surface area contributed by atoms with Crippen LogP contribution in [0.4, 0.5) is 13.2 Å². The molecule has 0 bridgehead atoms. The van der Waals surface area contributed by atoms with E-state index in [9.17, 15) is 18.0 Å². The average Bonchev–Trinajstić information content (AvgIpc) is 2.64. The molecular weight excluding hydrogens is 407 g/mol. The largest absolute Gasteiger partial charge is 0.573 e. The van der Waals surface area contributed by atoms with Crippen molar-refractivity contribution in [2.24, 2.45) is 0 Å². The maximum Gasteiger partial charge on any atom is 0.573 e. The minimum Gasteiger partial charge on any atom is -0.464 e. The molecule has 3 aromatic rings. The molecule has 1 aromatic heterocycles. The van der Waals surface area contributed by atoms with Gasteiger partial charge in [0.25, 0.3) is 0 Å². The van der Waals surface area contributed by atoms with Crippen LogP contribution in [0.5, 0.6) is 5.75 Å². The van der Waals surface area contributed by atoms with Crippen LogP contribution in [0, 0.1) is 0 Å². The Kier molecular flexibility index (Phi) is 5.71. The summed E-state index contributed by atoms with van der Waals surface area (Å²) in [5, 5.41) is 1.18. The van der Waals surface area contributed by atoms with Crippen molar-refractivity contribution in [2.75, 3.05) is 7.11 Å². The lowest BCUT2D eigenvalue weighted by molar-refractivity contribution is -0.274. The van der Waals surface area contributed by atoms with Crippen LogP contribution in [0.2, 0.25) is 5.02 Å². The number of ether oxygens (including phenoxy) is 2. The highest BCUT2D eigenvalue weighted by molar-refractivity contribution is 6.31. The molecule has 152 valence electrons. The third kappa shape index (κ3) is 4.45. The van der Waals surface area contributed by atoms with Gasteiger partial charge in [0.1, 0.15) is 5.75 Å². The Labute approximate surface area is 170 Å². The molecule has 0 amide bonds. The van der Waals surface area contributed by atoms with Crippen molar-refractivity contribution < 1.29 is 27.4 Å². The molecule has 2 aromatic carbocycles. The van der Waals surface area contributed by atoms with Gasteiger partial charge in [0, 0.05) is 16.0 Å². The van der Waals surface area contributed by atoms with E-state index in [-0.39, 0.29) is 11.6 Å². The van der Waals surface area contributed by atoms with Gasteiger partial charge >= 0.3 is 12.3 Å². The lowest BCUT2D eigenvalue weighted by atomic mass is 9.88. The Morgan fingerprint density at radius 2 is 1.86 bits per heavy atom. The number of carbonyl (C=O) groups excluding carboxylic acids is 1. The molecule has 0 saturated carbocycles. The normalized spacial score (nSPS) is 11.7. The predicted octanol–water partition coefficient (Wildman–Crippen LogP) is 6.36. The van der Waals surface area contributed by atoms with Gasteiger partial charge in [-0.3, -0.25) is 0 Å². The lowest BCUT2D eigenvalue weighted by Gasteiger charge is -2.20. The first-order chi connectivity index (χ1) is 13.6. The first-order valence-corrected chi connectivity index (χ1v) is 9.06.